The molecule has 3 rings (SSSR count). The molecule has 120 valence electrons. The Balaban J connectivity index is 1.82. The maximum absolute atomic E-state index is 12.1. The second-order valence-electron chi connectivity index (χ2n) is 5.11. The summed E-state index contributed by atoms with van der Waals surface area (Å²) in [5, 5.41) is 7.86. The maximum atomic E-state index is 12.1. The quantitative estimate of drug-likeness (QED) is 0.619. The summed E-state index contributed by atoms with van der Waals surface area (Å²) in [5.74, 6) is -0.326. The van der Waals surface area contributed by atoms with Crippen LogP contribution in [-0.2, 0) is 17.6 Å². The zero-order chi connectivity index (χ0) is 16.4. The summed E-state index contributed by atoms with van der Waals surface area (Å²) in [5.41, 5.74) is 2.41. The molecule has 0 bridgehead atoms. The zero-order valence-electron chi connectivity index (χ0n) is 12.4. The SMILES string of the molecule is COC(=O)c1c(NC(=S)Nc2ccccc2Cl)sc2c1CCC2. The zero-order valence-corrected chi connectivity index (χ0v) is 14.8. The molecule has 0 saturated heterocycles. The minimum Gasteiger partial charge on any atom is -0.465 e. The van der Waals surface area contributed by atoms with Gasteiger partial charge in [0, 0.05) is 4.88 Å². The van der Waals surface area contributed by atoms with Crippen LogP contribution in [0.1, 0.15) is 27.2 Å². The standard InChI is InChI=1S/C16H15ClN2O2S2/c1-21-15(20)13-9-5-4-8-12(9)23-14(13)19-16(22)18-11-7-3-2-6-10(11)17/h2-3,6-7H,4-5,8H2,1H3,(H2,18,19,22). The van der Waals surface area contributed by atoms with Crippen molar-refractivity contribution in [3.8, 4) is 0 Å². The third-order valence-corrected chi connectivity index (χ3v) is 5.40. The van der Waals surface area contributed by atoms with Gasteiger partial charge in [-0.3, -0.25) is 0 Å². The molecule has 4 nitrogen and oxygen atoms in total. The molecular weight excluding hydrogens is 352 g/mol. The van der Waals surface area contributed by atoms with Crippen LogP contribution in [0.2, 0.25) is 5.02 Å². The second kappa shape index (κ2) is 6.86. The molecule has 0 unspecified atom stereocenters. The number of para-hydroxylation sites is 1. The number of benzene rings is 1. The Hall–Kier alpha value is -1.63. The number of nitrogens with one attached hydrogen (secondary N) is 2. The Morgan fingerprint density at radius 1 is 1.30 bits per heavy atom. The van der Waals surface area contributed by atoms with Crippen LogP contribution in [-0.4, -0.2) is 18.2 Å². The number of methoxy groups -OCH3 is 1. The van der Waals surface area contributed by atoms with Crippen molar-refractivity contribution in [3.05, 3.63) is 45.3 Å². The molecule has 23 heavy (non-hydrogen) atoms. The number of carbonyl (C=O) groups is 1. The highest BCUT2D eigenvalue weighted by molar-refractivity contribution is 7.80. The monoisotopic (exact) mass is 366 g/mol. The second-order valence-corrected chi connectivity index (χ2v) is 7.03. The van der Waals surface area contributed by atoms with Crippen LogP contribution in [0.4, 0.5) is 10.7 Å². The number of hydrogen-bond donors (Lipinski definition) is 2. The van der Waals surface area contributed by atoms with Crippen LogP contribution in [0.5, 0.6) is 0 Å². The van der Waals surface area contributed by atoms with Crippen molar-refractivity contribution in [2.45, 2.75) is 19.3 Å². The average molecular weight is 367 g/mol. The smallest absolute Gasteiger partial charge is 0.341 e. The molecule has 1 aliphatic rings. The normalized spacial score (nSPS) is 12.6. The molecule has 1 heterocycles. The predicted octanol–water partition coefficient (Wildman–Crippen LogP) is 4.49. The summed E-state index contributed by atoms with van der Waals surface area (Å²) >= 11 is 13.0. The van der Waals surface area contributed by atoms with Crippen LogP contribution in [0.25, 0.3) is 0 Å². The summed E-state index contributed by atoms with van der Waals surface area (Å²) in [6.45, 7) is 0. The Labute approximate surface area is 148 Å². The molecule has 7 heteroatoms. The first kappa shape index (κ1) is 16.2. The topological polar surface area (TPSA) is 50.4 Å². The van der Waals surface area contributed by atoms with Gasteiger partial charge in [0.15, 0.2) is 5.11 Å². The van der Waals surface area contributed by atoms with Gasteiger partial charge in [0.2, 0.25) is 0 Å². The van der Waals surface area contributed by atoms with Crippen molar-refractivity contribution in [3.63, 3.8) is 0 Å². The lowest BCUT2D eigenvalue weighted by molar-refractivity contribution is 0.0601. The first-order chi connectivity index (χ1) is 11.1. The molecule has 0 radical (unpaired) electrons. The van der Waals surface area contributed by atoms with Crippen molar-refractivity contribution in [2.24, 2.45) is 0 Å². The molecule has 0 spiro atoms. The van der Waals surface area contributed by atoms with E-state index in [2.05, 4.69) is 10.6 Å². The number of hydrogen-bond acceptors (Lipinski definition) is 4. The fraction of sp³-hybridized carbons (Fsp3) is 0.250. The minimum atomic E-state index is -0.326. The fourth-order valence-electron chi connectivity index (χ4n) is 2.63. The number of aryl methyl sites for hydroxylation is 1. The number of halogens is 1. The van der Waals surface area contributed by atoms with E-state index in [9.17, 15) is 4.79 Å². The number of thiophene rings is 1. The van der Waals surface area contributed by atoms with Crippen LogP contribution in [0.15, 0.2) is 24.3 Å². The number of esters is 1. The third kappa shape index (κ3) is 3.34. The lowest BCUT2D eigenvalue weighted by Crippen LogP contribution is -2.20. The van der Waals surface area contributed by atoms with Crippen LogP contribution in [0.3, 0.4) is 0 Å². The lowest BCUT2D eigenvalue weighted by Gasteiger charge is -2.12. The summed E-state index contributed by atoms with van der Waals surface area (Å²) in [7, 11) is 1.39. The Morgan fingerprint density at radius 3 is 2.83 bits per heavy atom. The van der Waals surface area contributed by atoms with E-state index in [1.807, 2.05) is 18.2 Å². The van der Waals surface area contributed by atoms with Gasteiger partial charge in [-0.15, -0.1) is 11.3 Å². The third-order valence-electron chi connectivity index (χ3n) is 3.66. The molecule has 0 saturated carbocycles. The largest absolute Gasteiger partial charge is 0.465 e. The summed E-state index contributed by atoms with van der Waals surface area (Å²) in [6.07, 6.45) is 2.98. The van der Waals surface area contributed by atoms with E-state index in [4.69, 9.17) is 28.6 Å². The predicted molar refractivity (Wildman–Crippen MR) is 99.0 cm³/mol. The van der Waals surface area contributed by atoms with Gasteiger partial charge in [0.05, 0.1) is 23.4 Å². The van der Waals surface area contributed by atoms with E-state index < -0.39 is 0 Å². The average Bonchev–Trinajstić information content (AvgIpc) is 3.09. The van der Waals surface area contributed by atoms with Crippen molar-refractivity contribution in [1.29, 1.82) is 0 Å². The summed E-state index contributed by atoms with van der Waals surface area (Å²) < 4.78 is 4.92. The Morgan fingerprint density at radius 2 is 2.09 bits per heavy atom. The van der Waals surface area contributed by atoms with Crippen LogP contribution < -0.4 is 10.6 Å². The van der Waals surface area contributed by atoms with E-state index in [0.29, 0.717) is 15.7 Å². The van der Waals surface area contributed by atoms with E-state index in [1.165, 1.54) is 12.0 Å². The van der Waals surface area contributed by atoms with Gasteiger partial charge >= 0.3 is 5.97 Å². The lowest BCUT2D eigenvalue weighted by atomic mass is 10.1. The highest BCUT2D eigenvalue weighted by Gasteiger charge is 2.27. The van der Waals surface area contributed by atoms with Gasteiger partial charge in [0.25, 0.3) is 0 Å². The van der Waals surface area contributed by atoms with Gasteiger partial charge in [0.1, 0.15) is 5.00 Å². The summed E-state index contributed by atoms with van der Waals surface area (Å²) in [6, 6.07) is 7.34. The van der Waals surface area contributed by atoms with Gasteiger partial charge in [-0.05, 0) is 49.2 Å². The van der Waals surface area contributed by atoms with E-state index in [0.717, 1.165) is 35.5 Å². The van der Waals surface area contributed by atoms with E-state index in [1.54, 1.807) is 17.4 Å². The van der Waals surface area contributed by atoms with Gasteiger partial charge < -0.3 is 15.4 Å². The minimum absolute atomic E-state index is 0.326. The van der Waals surface area contributed by atoms with Crippen molar-refractivity contribution >= 4 is 56.9 Å². The summed E-state index contributed by atoms with van der Waals surface area (Å²) in [4.78, 5) is 13.3. The first-order valence-electron chi connectivity index (χ1n) is 7.15. The number of anilines is 2. The molecule has 0 aliphatic heterocycles. The molecule has 1 aromatic carbocycles. The van der Waals surface area contributed by atoms with Crippen molar-refractivity contribution in [1.82, 2.24) is 0 Å². The highest BCUT2D eigenvalue weighted by atomic mass is 35.5. The maximum Gasteiger partial charge on any atom is 0.341 e. The molecule has 0 fully saturated rings. The molecule has 2 aromatic rings. The molecule has 2 N–H and O–H groups in total. The molecule has 0 atom stereocenters. The number of ether oxygens (including phenoxy) is 1. The fourth-order valence-corrected chi connectivity index (χ4v) is 4.37. The van der Waals surface area contributed by atoms with E-state index >= 15 is 0 Å². The van der Waals surface area contributed by atoms with Gasteiger partial charge in [-0.25, -0.2) is 4.79 Å². The van der Waals surface area contributed by atoms with E-state index in [-0.39, 0.29) is 5.97 Å². The first-order valence-corrected chi connectivity index (χ1v) is 8.76. The number of carbonyl (C=O) groups excluding carboxylic acids is 1. The number of thiocarbonyl (C=S) groups is 1. The Kier molecular flexibility index (Phi) is 4.84. The number of rotatable bonds is 3. The van der Waals surface area contributed by atoms with Crippen LogP contribution >= 0.6 is 35.2 Å². The number of fused-ring (bicyclic) bond motifs is 1. The molecule has 1 aromatic heterocycles. The van der Waals surface area contributed by atoms with Gasteiger partial charge in [-0.1, -0.05) is 23.7 Å². The molecule has 1 aliphatic carbocycles. The van der Waals surface area contributed by atoms with Crippen molar-refractivity contribution < 1.29 is 9.53 Å². The highest BCUT2D eigenvalue weighted by Crippen LogP contribution is 2.39. The molecular formula is C16H15ClN2O2S2. The molecule has 0 amide bonds. The van der Waals surface area contributed by atoms with Gasteiger partial charge in [-0.2, -0.15) is 0 Å². The Bertz CT molecular complexity index is 773. The van der Waals surface area contributed by atoms with Crippen molar-refractivity contribution in [2.75, 3.05) is 17.7 Å². The van der Waals surface area contributed by atoms with Crippen LogP contribution in [0, 0.1) is 0 Å².